The van der Waals surface area contributed by atoms with Crippen molar-refractivity contribution in [3.05, 3.63) is 233 Å². The monoisotopic (exact) mass is 720 g/mol. The van der Waals surface area contributed by atoms with Crippen LogP contribution in [0.15, 0.2) is 205 Å². The van der Waals surface area contributed by atoms with Gasteiger partial charge in [-0.25, -0.2) is 4.99 Å². The molecule has 5 nitrogen and oxygen atoms in total. The number of hydrogen-bond acceptors (Lipinski definition) is 5. The van der Waals surface area contributed by atoms with Gasteiger partial charge in [0.2, 0.25) is 0 Å². The normalized spacial score (nSPS) is 18.7. The van der Waals surface area contributed by atoms with Crippen LogP contribution < -0.4 is 15.4 Å². The molecule has 0 saturated heterocycles. The summed E-state index contributed by atoms with van der Waals surface area (Å²) >= 11 is 0. The van der Waals surface area contributed by atoms with Gasteiger partial charge in [-0.3, -0.25) is 4.98 Å². The van der Waals surface area contributed by atoms with Gasteiger partial charge in [-0.1, -0.05) is 146 Å². The van der Waals surface area contributed by atoms with Crippen molar-refractivity contribution in [1.82, 2.24) is 15.6 Å². The molecule has 0 radical (unpaired) electrons. The maximum atomic E-state index is 6.53. The maximum Gasteiger partial charge on any atom is 0.135 e. The number of aliphatic imine (C=N–C) groups is 1. The number of dihydropyridines is 1. The molecule has 0 bridgehead atoms. The smallest absolute Gasteiger partial charge is 0.135 e. The molecule has 266 valence electrons. The van der Waals surface area contributed by atoms with Crippen LogP contribution in [0.2, 0.25) is 0 Å². The first-order valence-electron chi connectivity index (χ1n) is 19.1. The van der Waals surface area contributed by atoms with E-state index >= 15 is 0 Å². The van der Waals surface area contributed by atoms with Gasteiger partial charge in [0, 0.05) is 41.8 Å². The van der Waals surface area contributed by atoms with E-state index in [9.17, 15) is 0 Å². The molecule has 6 aromatic carbocycles. The maximum absolute atomic E-state index is 6.53. The second-order valence-corrected chi connectivity index (χ2v) is 14.7. The summed E-state index contributed by atoms with van der Waals surface area (Å²) in [5, 5.41) is 7.20. The van der Waals surface area contributed by atoms with Crippen molar-refractivity contribution in [3.8, 4) is 39.1 Å². The predicted molar refractivity (Wildman–Crippen MR) is 225 cm³/mol. The van der Waals surface area contributed by atoms with Crippen molar-refractivity contribution in [2.75, 3.05) is 6.54 Å². The Balaban J connectivity index is 0.987. The van der Waals surface area contributed by atoms with Crippen LogP contribution in [-0.2, 0) is 5.41 Å². The van der Waals surface area contributed by atoms with Crippen molar-refractivity contribution in [3.63, 3.8) is 0 Å². The van der Waals surface area contributed by atoms with E-state index in [4.69, 9.17) is 9.73 Å². The van der Waals surface area contributed by atoms with Crippen molar-refractivity contribution < 1.29 is 4.74 Å². The van der Waals surface area contributed by atoms with Crippen LogP contribution in [0.4, 0.5) is 0 Å². The standard InChI is InChI=1S/C51H36N4O/c1-3-9-33(10-4-1)34-15-19-36(20-16-34)46-30-47(55-50(54-46)38-11-5-2-6-12-38)37-21-17-35(18-22-37)39-23-24-41-40-13-7-8-14-42(40)51(43(41)29-39)44-31-52-27-25-48(44)56-49-26-28-53-32-45(49)51/h1-31,46,53H,32H2,(H,54,55). The molecule has 0 amide bonds. The van der Waals surface area contributed by atoms with Crippen molar-refractivity contribution >= 4 is 11.5 Å². The highest BCUT2D eigenvalue weighted by Gasteiger charge is 2.52. The SMILES string of the molecule is C1=CC2=C(CN1)C1(c3cnccc3O2)c2ccccc2-c2ccc(-c3ccc(C4=CC(c5ccc(-c6ccccc6)cc5)NC(c5ccccc5)=N4)cc3)cc21. The number of allylic oxidation sites excluding steroid dienone is 1. The van der Waals surface area contributed by atoms with E-state index in [0.29, 0.717) is 6.54 Å². The summed E-state index contributed by atoms with van der Waals surface area (Å²) < 4.78 is 6.53. The van der Waals surface area contributed by atoms with Gasteiger partial charge in [0.15, 0.2) is 0 Å². The van der Waals surface area contributed by atoms with Gasteiger partial charge >= 0.3 is 0 Å². The molecule has 7 aromatic rings. The highest BCUT2D eigenvalue weighted by Crippen LogP contribution is 2.60. The van der Waals surface area contributed by atoms with E-state index in [1.165, 1.54) is 44.5 Å². The summed E-state index contributed by atoms with van der Waals surface area (Å²) in [5.41, 5.74) is 15.7. The lowest BCUT2D eigenvalue weighted by molar-refractivity contribution is 0.389. The Labute approximate surface area is 326 Å². The molecule has 3 aliphatic heterocycles. The summed E-state index contributed by atoms with van der Waals surface area (Å²) in [6.07, 6.45) is 10.1. The summed E-state index contributed by atoms with van der Waals surface area (Å²) in [5.74, 6) is 2.61. The number of hydrogen-bond donors (Lipinski definition) is 2. The van der Waals surface area contributed by atoms with Crippen LogP contribution in [0.5, 0.6) is 5.75 Å². The number of pyridine rings is 1. The van der Waals surface area contributed by atoms with E-state index in [0.717, 1.165) is 50.9 Å². The Morgan fingerprint density at radius 2 is 1.25 bits per heavy atom. The number of aromatic nitrogens is 1. The Morgan fingerprint density at radius 3 is 2.07 bits per heavy atom. The molecule has 2 atom stereocenters. The first-order valence-corrected chi connectivity index (χ1v) is 19.1. The van der Waals surface area contributed by atoms with E-state index in [-0.39, 0.29) is 6.04 Å². The number of amidine groups is 1. The van der Waals surface area contributed by atoms with Crippen LogP contribution in [0.25, 0.3) is 39.1 Å². The van der Waals surface area contributed by atoms with Crippen LogP contribution in [0.1, 0.15) is 39.4 Å². The lowest BCUT2D eigenvalue weighted by Gasteiger charge is -2.41. The van der Waals surface area contributed by atoms with Gasteiger partial charge in [0.25, 0.3) is 0 Å². The minimum Gasteiger partial charge on any atom is -0.457 e. The quantitative estimate of drug-likeness (QED) is 0.186. The number of nitrogens with one attached hydrogen (secondary N) is 2. The predicted octanol–water partition coefficient (Wildman–Crippen LogP) is 10.6. The van der Waals surface area contributed by atoms with E-state index in [1.807, 2.05) is 30.7 Å². The molecule has 4 aliphatic rings. The molecule has 4 heterocycles. The molecular weight excluding hydrogens is 685 g/mol. The van der Waals surface area contributed by atoms with Crippen LogP contribution in [-0.4, -0.2) is 17.4 Å². The second kappa shape index (κ2) is 13.0. The minimum atomic E-state index is -0.534. The molecule has 11 rings (SSSR count). The van der Waals surface area contributed by atoms with Gasteiger partial charge in [-0.15, -0.1) is 0 Å². The van der Waals surface area contributed by atoms with E-state index in [2.05, 4.69) is 173 Å². The third-order valence-electron chi connectivity index (χ3n) is 11.6. The fourth-order valence-electron chi connectivity index (χ4n) is 8.97. The summed E-state index contributed by atoms with van der Waals surface area (Å²) in [7, 11) is 0. The van der Waals surface area contributed by atoms with Crippen LogP contribution in [0, 0.1) is 0 Å². The first kappa shape index (κ1) is 32.2. The van der Waals surface area contributed by atoms with Crippen molar-refractivity contribution in [1.29, 1.82) is 0 Å². The largest absolute Gasteiger partial charge is 0.457 e. The molecule has 1 spiro atoms. The highest BCUT2D eigenvalue weighted by molar-refractivity contribution is 6.03. The van der Waals surface area contributed by atoms with Crippen LogP contribution >= 0.6 is 0 Å². The van der Waals surface area contributed by atoms with E-state index in [1.54, 1.807) is 0 Å². The number of fused-ring (bicyclic) bond motifs is 8. The van der Waals surface area contributed by atoms with Gasteiger partial charge in [-0.05, 0) is 79.9 Å². The van der Waals surface area contributed by atoms with Gasteiger partial charge < -0.3 is 15.4 Å². The first-order chi connectivity index (χ1) is 27.7. The minimum absolute atomic E-state index is 0.0445. The fourth-order valence-corrected chi connectivity index (χ4v) is 8.97. The van der Waals surface area contributed by atoms with Crippen molar-refractivity contribution in [2.24, 2.45) is 4.99 Å². The topological polar surface area (TPSA) is 58.5 Å². The summed E-state index contributed by atoms with van der Waals surface area (Å²) in [4.78, 5) is 9.82. The van der Waals surface area contributed by atoms with Crippen LogP contribution in [0.3, 0.4) is 0 Å². The number of nitrogens with zero attached hydrogens (tertiary/aromatic N) is 2. The highest BCUT2D eigenvalue weighted by atomic mass is 16.5. The van der Waals surface area contributed by atoms with Gasteiger partial charge in [-0.2, -0.15) is 0 Å². The summed E-state index contributed by atoms with van der Waals surface area (Å²) in [6, 6.07) is 56.3. The molecule has 5 heteroatoms. The fraction of sp³-hybridized carbons (Fsp3) is 0.0588. The third-order valence-corrected chi connectivity index (χ3v) is 11.6. The van der Waals surface area contributed by atoms with Gasteiger partial charge in [0.05, 0.1) is 17.2 Å². The Hall–Kier alpha value is -7.24. The number of benzene rings is 6. The lowest BCUT2D eigenvalue weighted by Crippen LogP contribution is -2.39. The molecule has 0 saturated carbocycles. The Bertz CT molecular complexity index is 2780. The molecule has 1 aromatic heterocycles. The molecule has 56 heavy (non-hydrogen) atoms. The average molecular weight is 721 g/mol. The summed E-state index contributed by atoms with van der Waals surface area (Å²) in [6.45, 7) is 0.681. The molecule has 1 aliphatic carbocycles. The molecular formula is C51H36N4O. The molecule has 2 N–H and O–H groups in total. The zero-order valence-electron chi connectivity index (χ0n) is 30.5. The number of ether oxygens (including phenoxy) is 1. The van der Waals surface area contributed by atoms with Gasteiger partial charge in [0.1, 0.15) is 17.3 Å². The van der Waals surface area contributed by atoms with E-state index < -0.39 is 5.41 Å². The second-order valence-electron chi connectivity index (χ2n) is 14.7. The lowest BCUT2D eigenvalue weighted by atomic mass is 9.65. The molecule has 0 fully saturated rings. The number of rotatable bonds is 5. The Morgan fingerprint density at radius 1 is 0.589 bits per heavy atom. The zero-order valence-corrected chi connectivity index (χ0v) is 30.5. The Kier molecular flexibility index (Phi) is 7.46. The third kappa shape index (κ3) is 5.09. The molecule has 2 unspecified atom stereocenters. The van der Waals surface area contributed by atoms with Crippen molar-refractivity contribution in [2.45, 2.75) is 11.5 Å². The zero-order chi connectivity index (χ0) is 37.1. The average Bonchev–Trinajstić information content (AvgIpc) is 3.57.